The number of halogens is 3. The molecule has 1 amide bonds. The number of nitrogens with two attached hydrogens (primary N) is 1. The molecule has 0 atom stereocenters. The summed E-state index contributed by atoms with van der Waals surface area (Å²) in [5.41, 5.74) is 6.14. The molecule has 0 aliphatic rings. The van der Waals surface area contributed by atoms with Crippen molar-refractivity contribution in [2.75, 3.05) is 18.4 Å². The lowest BCUT2D eigenvalue weighted by Gasteiger charge is -2.07. The number of anilines is 1. The first-order chi connectivity index (χ1) is 8.87. The maximum absolute atomic E-state index is 11.8. The molecule has 4 N–H and O–H groups in total. The van der Waals surface area contributed by atoms with Crippen molar-refractivity contribution in [3.8, 4) is 0 Å². The van der Waals surface area contributed by atoms with E-state index in [0.717, 1.165) is 0 Å². The standard InChI is InChI=1S/C11H13F3N4O/c12-11(13,14)7-17-9(19)6-16-10(15)18-8-4-2-1-3-5-8/h1-5H,6-7H2,(H,17,19)(H3,15,16,18). The Labute approximate surface area is 107 Å². The molecule has 1 aromatic rings. The zero-order chi connectivity index (χ0) is 14.3. The van der Waals surface area contributed by atoms with Gasteiger partial charge in [0.15, 0.2) is 5.96 Å². The largest absolute Gasteiger partial charge is 0.405 e. The van der Waals surface area contributed by atoms with Crippen LogP contribution in [0.1, 0.15) is 0 Å². The van der Waals surface area contributed by atoms with Gasteiger partial charge < -0.3 is 16.4 Å². The van der Waals surface area contributed by atoms with Crippen molar-refractivity contribution in [1.29, 1.82) is 0 Å². The minimum Gasteiger partial charge on any atom is -0.370 e. The Morgan fingerprint density at radius 2 is 1.89 bits per heavy atom. The predicted molar refractivity (Wildman–Crippen MR) is 65.6 cm³/mol. The van der Waals surface area contributed by atoms with E-state index in [4.69, 9.17) is 5.73 Å². The number of carbonyl (C=O) groups excluding carboxylic acids is 1. The molecule has 8 heteroatoms. The van der Waals surface area contributed by atoms with Crippen LogP contribution in [0.3, 0.4) is 0 Å². The van der Waals surface area contributed by atoms with Gasteiger partial charge >= 0.3 is 6.18 Å². The number of para-hydroxylation sites is 1. The first-order valence-corrected chi connectivity index (χ1v) is 5.32. The Morgan fingerprint density at radius 3 is 2.47 bits per heavy atom. The molecule has 0 fully saturated rings. The van der Waals surface area contributed by atoms with Gasteiger partial charge in [-0.25, -0.2) is 4.99 Å². The summed E-state index contributed by atoms with van der Waals surface area (Å²) in [6, 6.07) is 8.80. The number of amides is 1. The molecule has 0 saturated heterocycles. The summed E-state index contributed by atoms with van der Waals surface area (Å²) in [5, 5.41) is 4.38. The van der Waals surface area contributed by atoms with Gasteiger partial charge in [0.25, 0.3) is 0 Å². The molecule has 1 aromatic carbocycles. The van der Waals surface area contributed by atoms with Crippen molar-refractivity contribution in [3.05, 3.63) is 30.3 Å². The van der Waals surface area contributed by atoms with Crippen molar-refractivity contribution >= 4 is 17.6 Å². The fourth-order valence-corrected chi connectivity index (χ4v) is 1.12. The molecule has 19 heavy (non-hydrogen) atoms. The highest BCUT2D eigenvalue weighted by Crippen LogP contribution is 2.11. The second-order valence-corrected chi connectivity index (χ2v) is 3.58. The van der Waals surface area contributed by atoms with Crippen molar-refractivity contribution in [2.24, 2.45) is 10.7 Å². The Bertz CT molecular complexity index is 445. The number of alkyl halides is 3. The molecular formula is C11H13F3N4O. The Hall–Kier alpha value is -2.25. The van der Waals surface area contributed by atoms with Crippen LogP contribution in [0.25, 0.3) is 0 Å². The summed E-state index contributed by atoms with van der Waals surface area (Å²) in [7, 11) is 0. The predicted octanol–water partition coefficient (Wildman–Crippen LogP) is 1.09. The van der Waals surface area contributed by atoms with Crippen molar-refractivity contribution in [3.63, 3.8) is 0 Å². The third-order valence-corrected chi connectivity index (χ3v) is 1.93. The Balaban J connectivity index is 2.37. The van der Waals surface area contributed by atoms with Gasteiger partial charge in [0.2, 0.25) is 5.91 Å². The van der Waals surface area contributed by atoms with E-state index in [2.05, 4.69) is 10.3 Å². The fraction of sp³-hybridized carbons (Fsp3) is 0.273. The zero-order valence-electron chi connectivity index (χ0n) is 9.87. The quantitative estimate of drug-likeness (QED) is 0.568. The number of benzene rings is 1. The normalized spacial score (nSPS) is 12.1. The topological polar surface area (TPSA) is 79.5 Å². The number of hydrogen-bond acceptors (Lipinski definition) is 2. The molecule has 0 spiro atoms. The minimum atomic E-state index is -4.44. The molecule has 1 rings (SSSR count). The first kappa shape index (κ1) is 14.8. The van der Waals surface area contributed by atoms with Crippen LogP contribution >= 0.6 is 0 Å². The first-order valence-electron chi connectivity index (χ1n) is 5.32. The van der Waals surface area contributed by atoms with Crippen molar-refractivity contribution in [1.82, 2.24) is 5.32 Å². The summed E-state index contributed by atoms with van der Waals surface area (Å²) in [6.45, 7) is -1.85. The number of nitrogens with zero attached hydrogens (tertiary/aromatic N) is 1. The molecule has 0 aliphatic carbocycles. The average Bonchev–Trinajstić information content (AvgIpc) is 2.34. The number of nitrogens with one attached hydrogen (secondary N) is 2. The van der Waals surface area contributed by atoms with Gasteiger partial charge in [0.05, 0.1) is 0 Å². The summed E-state index contributed by atoms with van der Waals surface area (Å²) < 4.78 is 35.4. The van der Waals surface area contributed by atoms with Gasteiger partial charge in [-0.05, 0) is 12.1 Å². The molecule has 104 valence electrons. The van der Waals surface area contributed by atoms with E-state index in [1.165, 1.54) is 0 Å². The maximum atomic E-state index is 11.8. The van der Waals surface area contributed by atoms with Crippen LogP contribution in [0, 0.1) is 0 Å². The van der Waals surface area contributed by atoms with Crippen molar-refractivity contribution < 1.29 is 18.0 Å². The van der Waals surface area contributed by atoms with Gasteiger partial charge in [-0.15, -0.1) is 0 Å². The van der Waals surface area contributed by atoms with Gasteiger partial charge in [0, 0.05) is 5.69 Å². The molecule has 0 aliphatic heterocycles. The van der Waals surface area contributed by atoms with Crippen LogP contribution < -0.4 is 16.4 Å². The van der Waals surface area contributed by atoms with Gasteiger partial charge in [-0.1, -0.05) is 18.2 Å². The van der Waals surface area contributed by atoms with E-state index in [1.54, 1.807) is 29.6 Å². The SMILES string of the molecule is NC(=NCC(=O)NCC(F)(F)F)Nc1ccccc1. The second kappa shape index (κ2) is 6.62. The van der Waals surface area contributed by atoms with E-state index in [0.29, 0.717) is 5.69 Å². The van der Waals surface area contributed by atoms with Crippen molar-refractivity contribution in [2.45, 2.75) is 6.18 Å². The van der Waals surface area contributed by atoms with Crippen LogP contribution in [0.4, 0.5) is 18.9 Å². The summed E-state index contributed by atoms with van der Waals surface area (Å²) >= 11 is 0. The lowest BCUT2D eigenvalue weighted by atomic mass is 10.3. The summed E-state index contributed by atoms with van der Waals surface area (Å²) in [4.78, 5) is 14.7. The minimum absolute atomic E-state index is 0.0478. The van der Waals surface area contributed by atoms with E-state index in [-0.39, 0.29) is 5.96 Å². The molecule has 0 aromatic heterocycles. The smallest absolute Gasteiger partial charge is 0.370 e. The number of carbonyl (C=O) groups is 1. The molecular weight excluding hydrogens is 261 g/mol. The highest BCUT2D eigenvalue weighted by molar-refractivity contribution is 5.93. The summed E-state index contributed by atoms with van der Waals surface area (Å²) in [6.07, 6.45) is -4.44. The summed E-state index contributed by atoms with van der Waals surface area (Å²) in [5.74, 6) is -0.900. The fourth-order valence-electron chi connectivity index (χ4n) is 1.12. The lowest BCUT2D eigenvalue weighted by Crippen LogP contribution is -2.35. The van der Waals surface area contributed by atoms with E-state index in [9.17, 15) is 18.0 Å². The number of rotatable bonds is 4. The zero-order valence-corrected chi connectivity index (χ0v) is 9.87. The second-order valence-electron chi connectivity index (χ2n) is 3.58. The van der Waals surface area contributed by atoms with Crippen LogP contribution in [0.5, 0.6) is 0 Å². The highest BCUT2D eigenvalue weighted by Gasteiger charge is 2.27. The molecule has 0 bridgehead atoms. The highest BCUT2D eigenvalue weighted by atomic mass is 19.4. The van der Waals surface area contributed by atoms with Crippen LogP contribution in [0.2, 0.25) is 0 Å². The van der Waals surface area contributed by atoms with Crippen LogP contribution in [-0.2, 0) is 4.79 Å². The molecule has 0 saturated carbocycles. The third kappa shape index (κ3) is 6.92. The van der Waals surface area contributed by atoms with Gasteiger partial charge in [0.1, 0.15) is 13.1 Å². The van der Waals surface area contributed by atoms with Gasteiger partial charge in [-0.3, -0.25) is 4.79 Å². The molecule has 0 heterocycles. The maximum Gasteiger partial charge on any atom is 0.405 e. The Morgan fingerprint density at radius 1 is 1.26 bits per heavy atom. The van der Waals surface area contributed by atoms with E-state index in [1.807, 2.05) is 6.07 Å². The number of aliphatic imine (C=N–C) groups is 1. The van der Waals surface area contributed by atoms with Gasteiger partial charge in [-0.2, -0.15) is 13.2 Å². The van der Waals surface area contributed by atoms with E-state index >= 15 is 0 Å². The lowest BCUT2D eigenvalue weighted by molar-refractivity contribution is -0.137. The average molecular weight is 274 g/mol. The van der Waals surface area contributed by atoms with Crippen LogP contribution in [0.15, 0.2) is 35.3 Å². The monoisotopic (exact) mass is 274 g/mol. The third-order valence-electron chi connectivity index (χ3n) is 1.93. The molecule has 5 nitrogen and oxygen atoms in total. The van der Waals surface area contributed by atoms with E-state index < -0.39 is 25.2 Å². The number of hydrogen-bond donors (Lipinski definition) is 3. The molecule has 0 radical (unpaired) electrons. The molecule has 0 unspecified atom stereocenters. The van der Waals surface area contributed by atoms with Crippen LogP contribution in [-0.4, -0.2) is 31.1 Å². The number of guanidine groups is 1. The Kier molecular flexibility index (Phi) is 5.16.